The molecule has 2 aromatic heterocycles. The number of halogens is 3. The van der Waals surface area contributed by atoms with Crippen molar-refractivity contribution in [3.63, 3.8) is 0 Å². The van der Waals surface area contributed by atoms with E-state index in [2.05, 4.69) is 43.0 Å². The Morgan fingerprint density at radius 1 is 1.56 bits per heavy atom. The zero-order valence-electron chi connectivity index (χ0n) is 14.8. The zero-order chi connectivity index (χ0) is 20.0. The highest BCUT2D eigenvalue weighted by Crippen LogP contribution is 2.32. The molecule has 0 saturated carbocycles. The number of nitrogens with one attached hydrogen (secondary N) is 1. The number of allylic oxidation sites excluding steroid dienone is 5. The monoisotopic (exact) mass is 456 g/mol. The van der Waals surface area contributed by atoms with Crippen molar-refractivity contribution in [3.8, 4) is 0 Å². The number of imidazole rings is 1. The summed E-state index contributed by atoms with van der Waals surface area (Å²) in [7, 11) is 1.80. The average Bonchev–Trinajstić information content (AvgIpc) is 3.26. The van der Waals surface area contributed by atoms with Crippen LogP contribution in [0.15, 0.2) is 58.8 Å². The number of aromatic nitrogens is 4. The van der Waals surface area contributed by atoms with Crippen LogP contribution in [0.4, 0.5) is 10.4 Å². The molecule has 2 heterocycles. The van der Waals surface area contributed by atoms with Gasteiger partial charge in [-0.15, -0.1) is 5.10 Å². The molecule has 0 spiro atoms. The Hall–Kier alpha value is -2.39. The number of anilines is 1. The number of nitrogen functional groups attached to an aromatic ring is 1. The molecule has 0 aromatic carbocycles. The molecule has 10 heteroatoms. The summed E-state index contributed by atoms with van der Waals surface area (Å²) in [6.45, 7) is 5.40. The standard InChI is InChI=1S/C17H19BrClFN6O/c1-4-5-12(11(20)6-7-18)23-14(10(2)16-24-25-17(21)27-16)13(19)15-22-8-9-26(15)3/h4-6,8-10,23H,1,7H2,2-3H3,(H2,21,25)/b11-6+,12-5+,14-13-. The molecule has 0 bridgehead atoms. The van der Waals surface area contributed by atoms with E-state index in [0.29, 0.717) is 16.9 Å². The Morgan fingerprint density at radius 2 is 2.30 bits per heavy atom. The van der Waals surface area contributed by atoms with Gasteiger partial charge in [-0.3, -0.25) is 0 Å². The van der Waals surface area contributed by atoms with Gasteiger partial charge < -0.3 is 20.0 Å². The fourth-order valence-electron chi connectivity index (χ4n) is 2.22. The van der Waals surface area contributed by atoms with E-state index in [1.54, 1.807) is 30.9 Å². The Morgan fingerprint density at radius 3 is 2.81 bits per heavy atom. The summed E-state index contributed by atoms with van der Waals surface area (Å²) in [5, 5.41) is 11.2. The molecule has 2 aromatic rings. The van der Waals surface area contributed by atoms with Crippen molar-refractivity contribution in [3.05, 3.63) is 66.1 Å². The predicted molar refractivity (Wildman–Crippen MR) is 108 cm³/mol. The second-order valence-electron chi connectivity index (χ2n) is 5.44. The van der Waals surface area contributed by atoms with Gasteiger partial charge in [-0.05, 0) is 19.1 Å². The van der Waals surface area contributed by atoms with Gasteiger partial charge in [-0.25, -0.2) is 9.37 Å². The third kappa shape index (κ3) is 5.08. The first-order valence-electron chi connectivity index (χ1n) is 7.87. The maximum Gasteiger partial charge on any atom is 0.312 e. The summed E-state index contributed by atoms with van der Waals surface area (Å²) in [6.07, 6.45) is 7.68. The van der Waals surface area contributed by atoms with E-state index in [1.807, 2.05) is 0 Å². The number of aryl methyl sites for hydroxylation is 1. The second-order valence-corrected chi connectivity index (χ2v) is 6.46. The molecule has 0 radical (unpaired) electrons. The van der Waals surface area contributed by atoms with Crippen molar-refractivity contribution < 1.29 is 8.81 Å². The number of rotatable bonds is 8. The summed E-state index contributed by atoms with van der Waals surface area (Å²) in [6, 6.07) is -0.0727. The molecular weight excluding hydrogens is 439 g/mol. The van der Waals surface area contributed by atoms with Crippen LogP contribution in [-0.2, 0) is 7.05 Å². The fraction of sp³-hybridized carbons (Fsp3) is 0.235. The van der Waals surface area contributed by atoms with Crippen LogP contribution in [0.2, 0.25) is 0 Å². The molecule has 7 nitrogen and oxygen atoms in total. The van der Waals surface area contributed by atoms with Crippen LogP contribution in [0.25, 0.3) is 5.03 Å². The summed E-state index contributed by atoms with van der Waals surface area (Å²) < 4.78 is 21.5. The first-order valence-corrected chi connectivity index (χ1v) is 9.36. The third-order valence-corrected chi connectivity index (χ3v) is 4.28. The summed E-state index contributed by atoms with van der Waals surface area (Å²) in [5.41, 5.74) is 6.11. The largest absolute Gasteiger partial charge is 0.408 e. The van der Waals surface area contributed by atoms with Crippen LogP contribution in [0.1, 0.15) is 24.6 Å². The van der Waals surface area contributed by atoms with Gasteiger partial charge in [-0.1, -0.05) is 45.3 Å². The minimum absolute atomic E-state index is 0.0727. The van der Waals surface area contributed by atoms with Crippen LogP contribution < -0.4 is 11.1 Å². The number of hydrogen-bond donors (Lipinski definition) is 2. The van der Waals surface area contributed by atoms with Crippen LogP contribution >= 0.6 is 27.5 Å². The molecule has 1 unspecified atom stereocenters. The molecule has 0 aliphatic heterocycles. The molecule has 144 valence electrons. The van der Waals surface area contributed by atoms with Crippen molar-refractivity contribution in [2.75, 3.05) is 11.1 Å². The maximum absolute atomic E-state index is 14.5. The van der Waals surface area contributed by atoms with Gasteiger partial charge in [-0.2, -0.15) is 0 Å². The van der Waals surface area contributed by atoms with Crippen LogP contribution in [0.3, 0.4) is 0 Å². The highest BCUT2D eigenvalue weighted by atomic mass is 79.9. The first-order chi connectivity index (χ1) is 12.9. The smallest absolute Gasteiger partial charge is 0.312 e. The Balaban J connectivity index is 2.56. The van der Waals surface area contributed by atoms with Gasteiger partial charge in [0.1, 0.15) is 10.9 Å². The number of hydrogen-bond acceptors (Lipinski definition) is 6. The number of alkyl halides is 1. The van der Waals surface area contributed by atoms with Gasteiger partial charge in [0.05, 0.1) is 17.3 Å². The SMILES string of the molecule is C=C/C=C(N/C(=C(\Cl)c1nccn1C)C(C)c1nnc(N)o1)\C(F)=C/CBr. The summed E-state index contributed by atoms with van der Waals surface area (Å²) in [4.78, 5) is 4.24. The van der Waals surface area contributed by atoms with Crippen molar-refractivity contribution >= 4 is 38.6 Å². The molecule has 0 aliphatic carbocycles. The van der Waals surface area contributed by atoms with Gasteiger partial charge in [0.2, 0.25) is 5.89 Å². The molecule has 1 atom stereocenters. The van der Waals surface area contributed by atoms with E-state index in [1.165, 1.54) is 18.2 Å². The molecule has 0 saturated heterocycles. The van der Waals surface area contributed by atoms with Crippen LogP contribution in [-0.4, -0.2) is 25.1 Å². The molecule has 2 rings (SSSR count). The summed E-state index contributed by atoms with van der Waals surface area (Å²) >= 11 is 9.78. The highest BCUT2D eigenvalue weighted by molar-refractivity contribution is 9.09. The van der Waals surface area contributed by atoms with E-state index in [0.717, 1.165) is 0 Å². The normalized spacial score (nSPS) is 14.7. The van der Waals surface area contributed by atoms with Crippen LogP contribution in [0.5, 0.6) is 0 Å². The first kappa shape index (κ1) is 20.9. The molecule has 27 heavy (non-hydrogen) atoms. The zero-order valence-corrected chi connectivity index (χ0v) is 17.1. The summed E-state index contributed by atoms with van der Waals surface area (Å²) in [5.74, 6) is -0.277. The van der Waals surface area contributed by atoms with E-state index in [-0.39, 0.29) is 22.6 Å². The number of nitrogens with two attached hydrogens (primary N) is 1. The lowest BCUT2D eigenvalue weighted by Crippen LogP contribution is -2.20. The predicted octanol–water partition coefficient (Wildman–Crippen LogP) is 4.00. The minimum atomic E-state index is -0.510. The van der Waals surface area contributed by atoms with Gasteiger partial charge in [0.25, 0.3) is 0 Å². The Labute approximate surface area is 169 Å². The second kappa shape index (κ2) is 9.52. The Bertz CT molecular complexity index is 901. The number of nitrogens with zero attached hydrogens (tertiary/aromatic N) is 4. The molecule has 3 N–H and O–H groups in total. The average molecular weight is 458 g/mol. The van der Waals surface area contributed by atoms with Crippen molar-refractivity contribution in [1.82, 2.24) is 25.1 Å². The molecule has 0 aliphatic rings. The lowest BCUT2D eigenvalue weighted by Gasteiger charge is -2.19. The van der Waals surface area contributed by atoms with Crippen LogP contribution in [0, 0.1) is 0 Å². The minimum Gasteiger partial charge on any atom is -0.408 e. The topological polar surface area (TPSA) is 94.8 Å². The fourth-order valence-corrected chi connectivity index (χ4v) is 2.89. The maximum atomic E-state index is 14.5. The van der Waals surface area contributed by atoms with E-state index >= 15 is 0 Å². The third-order valence-electron chi connectivity index (χ3n) is 3.58. The lowest BCUT2D eigenvalue weighted by atomic mass is 10.1. The van der Waals surface area contributed by atoms with Gasteiger partial charge >= 0.3 is 6.01 Å². The molecule has 0 fully saturated rings. The van der Waals surface area contributed by atoms with Crippen molar-refractivity contribution in [1.29, 1.82) is 0 Å². The highest BCUT2D eigenvalue weighted by Gasteiger charge is 2.24. The van der Waals surface area contributed by atoms with E-state index < -0.39 is 11.7 Å². The van der Waals surface area contributed by atoms with Gasteiger partial charge in [0.15, 0.2) is 5.82 Å². The van der Waals surface area contributed by atoms with E-state index in [4.69, 9.17) is 21.8 Å². The van der Waals surface area contributed by atoms with Crippen molar-refractivity contribution in [2.45, 2.75) is 12.8 Å². The Kier molecular flexibility index (Phi) is 7.37. The quantitative estimate of drug-likeness (QED) is 0.459. The van der Waals surface area contributed by atoms with E-state index in [9.17, 15) is 4.39 Å². The lowest BCUT2D eigenvalue weighted by molar-refractivity contribution is 0.485. The molecular formula is C17H19BrClFN6O. The van der Waals surface area contributed by atoms with Gasteiger partial charge in [0, 0.05) is 24.8 Å². The van der Waals surface area contributed by atoms with Crippen molar-refractivity contribution in [2.24, 2.45) is 7.05 Å². The molecule has 0 amide bonds.